The van der Waals surface area contributed by atoms with Crippen LogP contribution in [0.15, 0.2) is 47.5 Å². The Morgan fingerprint density at radius 3 is 2.52 bits per heavy atom. The molecule has 0 aromatic heterocycles. The van der Waals surface area contributed by atoms with Crippen LogP contribution in [0.5, 0.6) is 0 Å². The van der Waals surface area contributed by atoms with E-state index in [1.807, 2.05) is 24.3 Å². The van der Waals surface area contributed by atoms with Gasteiger partial charge in [-0.15, -0.1) is 0 Å². The van der Waals surface area contributed by atoms with Crippen molar-refractivity contribution >= 4 is 17.6 Å². The molecule has 2 N–H and O–H groups in total. The van der Waals surface area contributed by atoms with Crippen molar-refractivity contribution in [2.45, 2.75) is 19.6 Å². The van der Waals surface area contributed by atoms with Crippen LogP contribution < -0.4 is 10.6 Å². The lowest BCUT2D eigenvalue weighted by atomic mass is 10.1. The second kappa shape index (κ2) is 10.0. The molecular weight excluding hydrogens is 341 g/mol. The molecule has 4 nitrogen and oxygen atoms in total. The van der Waals surface area contributed by atoms with Crippen LogP contribution in [0.1, 0.15) is 16.7 Å². The number of nitrogens with one attached hydrogen (secondary N) is 2. The Morgan fingerprint density at radius 1 is 1.12 bits per heavy atom. The van der Waals surface area contributed by atoms with E-state index in [1.165, 1.54) is 11.6 Å². The van der Waals surface area contributed by atoms with Gasteiger partial charge in [-0.1, -0.05) is 29.8 Å². The van der Waals surface area contributed by atoms with Gasteiger partial charge in [0.2, 0.25) is 0 Å². The van der Waals surface area contributed by atoms with Gasteiger partial charge in [-0.25, -0.2) is 4.39 Å². The Labute approximate surface area is 153 Å². The molecular formula is C19H23ClFN3O. The number of guanidine groups is 1. The molecule has 0 saturated carbocycles. The average Bonchev–Trinajstić information content (AvgIpc) is 2.62. The van der Waals surface area contributed by atoms with Crippen LogP contribution in [0.3, 0.4) is 0 Å². The topological polar surface area (TPSA) is 45.7 Å². The number of aliphatic imine (C=N–C) groups is 1. The first-order chi connectivity index (χ1) is 12.1. The van der Waals surface area contributed by atoms with Gasteiger partial charge >= 0.3 is 0 Å². The highest BCUT2D eigenvalue weighted by Crippen LogP contribution is 2.12. The Kier molecular flexibility index (Phi) is 7.70. The SMILES string of the molecule is CN=C(NCCc1ccc(Cl)cc1)NCc1ccc(F)c(COC)c1. The molecule has 0 aliphatic carbocycles. The van der Waals surface area contributed by atoms with Gasteiger partial charge in [0, 0.05) is 37.8 Å². The summed E-state index contributed by atoms with van der Waals surface area (Å²) in [7, 11) is 3.27. The quantitative estimate of drug-likeness (QED) is 0.584. The summed E-state index contributed by atoms with van der Waals surface area (Å²) in [4.78, 5) is 4.20. The number of ether oxygens (including phenoxy) is 1. The first-order valence-electron chi connectivity index (χ1n) is 8.07. The van der Waals surface area contributed by atoms with E-state index in [2.05, 4.69) is 15.6 Å². The van der Waals surface area contributed by atoms with E-state index in [9.17, 15) is 4.39 Å². The molecule has 2 aromatic carbocycles. The molecule has 134 valence electrons. The van der Waals surface area contributed by atoms with Gasteiger partial charge in [0.15, 0.2) is 5.96 Å². The van der Waals surface area contributed by atoms with Crippen molar-refractivity contribution in [1.29, 1.82) is 0 Å². The molecule has 0 aliphatic heterocycles. The number of nitrogens with zero attached hydrogens (tertiary/aromatic N) is 1. The predicted molar refractivity (Wildman–Crippen MR) is 100 cm³/mol. The number of hydrogen-bond acceptors (Lipinski definition) is 2. The van der Waals surface area contributed by atoms with Gasteiger partial charge in [-0.05, 0) is 41.8 Å². The van der Waals surface area contributed by atoms with Crippen LogP contribution in [-0.2, 0) is 24.3 Å². The highest BCUT2D eigenvalue weighted by Gasteiger charge is 2.04. The van der Waals surface area contributed by atoms with Crippen LogP contribution in [0.2, 0.25) is 5.02 Å². The van der Waals surface area contributed by atoms with Gasteiger partial charge in [-0.3, -0.25) is 4.99 Å². The van der Waals surface area contributed by atoms with Gasteiger partial charge in [0.05, 0.1) is 6.61 Å². The van der Waals surface area contributed by atoms with Crippen molar-refractivity contribution in [3.63, 3.8) is 0 Å². The zero-order chi connectivity index (χ0) is 18.1. The molecule has 0 saturated heterocycles. The van der Waals surface area contributed by atoms with Crippen LogP contribution in [0.4, 0.5) is 4.39 Å². The van der Waals surface area contributed by atoms with E-state index in [1.54, 1.807) is 26.3 Å². The van der Waals surface area contributed by atoms with Crippen molar-refractivity contribution in [3.8, 4) is 0 Å². The summed E-state index contributed by atoms with van der Waals surface area (Å²) in [5.41, 5.74) is 2.72. The third kappa shape index (κ3) is 6.36. The minimum Gasteiger partial charge on any atom is -0.380 e. The van der Waals surface area contributed by atoms with E-state index in [-0.39, 0.29) is 12.4 Å². The molecule has 0 fully saturated rings. The van der Waals surface area contributed by atoms with Gasteiger partial charge in [0.1, 0.15) is 5.82 Å². The molecule has 6 heteroatoms. The minimum atomic E-state index is -0.254. The maximum absolute atomic E-state index is 13.6. The van der Waals surface area contributed by atoms with Crippen LogP contribution in [0, 0.1) is 5.82 Å². The van der Waals surface area contributed by atoms with Crippen LogP contribution >= 0.6 is 11.6 Å². The largest absolute Gasteiger partial charge is 0.380 e. The van der Waals surface area contributed by atoms with Crippen molar-refractivity contribution in [2.24, 2.45) is 4.99 Å². The maximum atomic E-state index is 13.6. The molecule has 2 aromatic rings. The number of benzene rings is 2. The fraction of sp³-hybridized carbons (Fsp3) is 0.316. The Hall–Kier alpha value is -2.11. The minimum absolute atomic E-state index is 0.254. The normalized spacial score (nSPS) is 11.4. The molecule has 0 heterocycles. The van der Waals surface area contributed by atoms with Gasteiger partial charge < -0.3 is 15.4 Å². The molecule has 0 amide bonds. The maximum Gasteiger partial charge on any atom is 0.191 e. The lowest BCUT2D eigenvalue weighted by Crippen LogP contribution is -2.37. The summed E-state index contributed by atoms with van der Waals surface area (Å²) in [5, 5.41) is 7.22. The lowest BCUT2D eigenvalue weighted by Gasteiger charge is -2.13. The molecule has 0 bridgehead atoms. The summed E-state index contributed by atoms with van der Waals surface area (Å²) in [5.74, 6) is 0.447. The second-order valence-electron chi connectivity index (χ2n) is 5.59. The summed E-state index contributed by atoms with van der Waals surface area (Å²) >= 11 is 5.88. The number of hydrogen-bond donors (Lipinski definition) is 2. The highest BCUT2D eigenvalue weighted by molar-refractivity contribution is 6.30. The molecule has 0 spiro atoms. The first-order valence-corrected chi connectivity index (χ1v) is 8.45. The molecule has 2 rings (SSSR count). The Morgan fingerprint density at radius 2 is 1.84 bits per heavy atom. The first kappa shape index (κ1) is 19.2. The molecule has 0 unspecified atom stereocenters. The molecule has 0 aliphatic rings. The lowest BCUT2D eigenvalue weighted by molar-refractivity contribution is 0.181. The Bertz CT molecular complexity index is 704. The van der Waals surface area contributed by atoms with E-state index < -0.39 is 0 Å². The summed E-state index contributed by atoms with van der Waals surface area (Å²) in [6, 6.07) is 12.8. The van der Waals surface area contributed by atoms with Crippen molar-refractivity contribution in [1.82, 2.24) is 10.6 Å². The second-order valence-corrected chi connectivity index (χ2v) is 6.02. The number of rotatable bonds is 7. The fourth-order valence-corrected chi connectivity index (χ4v) is 2.51. The summed E-state index contributed by atoms with van der Waals surface area (Å²) in [6.07, 6.45) is 0.867. The molecule has 25 heavy (non-hydrogen) atoms. The Balaban J connectivity index is 1.82. The summed E-state index contributed by atoms with van der Waals surface area (Å²) < 4.78 is 18.6. The molecule has 0 radical (unpaired) electrons. The van der Waals surface area contributed by atoms with Crippen LogP contribution in [0.25, 0.3) is 0 Å². The van der Waals surface area contributed by atoms with E-state index in [0.717, 1.165) is 23.6 Å². The van der Waals surface area contributed by atoms with Crippen molar-refractivity contribution < 1.29 is 9.13 Å². The van der Waals surface area contributed by atoms with Crippen LogP contribution in [-0.4, -0.2) is 26.7 Å². The third-order valence-electron chi connectivity index (χ3n) is 3.71. The number of methoxy groups -OCH3 is 1. The zero-order valence-electron chi connectivity index (χ0n) is 14.5. The van der Waals surface area contributed by atoms with Gasteiger partial charge in [-0.2, -0.15) is 0 Å². The fourth-order valence-electron chi connectivity index (χ4n) is 2.39. The highest BCUT2D eigenvalue weighted by atomic mass is 35.5. The molecule has 0 atom stereocenters. The number of halogens is 2. The summed E-state index contributed by atoms with van der Waals surface area (Å²) in [6.45, 7) is 1.56. The van der Waals surface area contributed by atoms with E-state index in [4.69, 9.17) is 16.3 Å². The predicted octanol–water partition coefficient (Wildman–Crippen LogP) is 3.53. The monoisotopic (exact) mass is 363 g/mol. The van der Waals surface area contributed by atoms with E-state index in [0.29, 0.717) is 18.1 Å². The van der Waals surface area contributed by atoms with Gasteiger partial charge in [0.25, 0.3) is 0 Å². The zero-order valence-corrected chi connectivity index (χ0v) is 15.2. The van der Waals surface area contributed by atoms with E-state index >= 15 is 0 Å². The third-order valence-corrected chi connectivity index (χ3v) is 3.96. The average molecular weight is 364 g/mol. The van der Waals surface area contributed by atoms with Crippen molar-refractivity contribution in [2.75, 3.05) is 20.7 Å². The standard InChI is InChI=1S/C19H23ClFN3O/c1-22-19(23-10-9-14-3-6-17(20)7-4-14)24-12-15-5-8-18(21)16(11-15)13-25-2/h3-8,11H,9-10,12-13H2,1-2H3,(H2,22,23,24). The van der Waals surface area contributed by atoms with Crippen molar-refractivity contribution in [3.05, 3.63) is 70.0 Å². The smallest absolute Gasteiger partial charge is 0.191 e.